The van der Waals surface area contributed by atoms with Crippen LogP contribution in [0.3, 0.4) is 0 Å². The van der Waals surface area contributed by atoms with Gasteiger partial charge in [0.25, 0.3) is 0 Å². The second-order valence-electron chi connectivity index (χ2n) is 8.37. The van der Waals surface area contributed by atoms with Gasteiger partial charge in [0.1, 0.15) is 0 Å². The lowest BCUT2D eigenvalue weighted by Gasteiger charge is -2.09. The maximum absolute atomic E-state index is 2.36. The maximum Gasteiger partial charge on any atom is 0.0541 e. The molecular formula is C31H23N. The number of para-hydroxylation sites is 2. The molecule has 1 aromatic heterocycles. The van der Waals surface area contributed by atoms with E-state index in [0.29, 0.717) is 0 Å². The number of hydrogen-bond acceptors (Lipinski definition) is 0. The molecule has 0 unspecified atom stereocenters. The summed E-state index contributed by atoms with van der Waals surface area (Å²) in [5.41, 5.74) is 9.92. The van der Waals surface area contributed by atoms with Gasteiger partial charge in [-0.05, 0) is 65.6 Å². The van der Waals surface area contributed by atoms with Crippen LogP contribution in [-0.4, -0.2) is 4.57 Å². The van der Waals surface area contributed by atoms with Gasteiger partial charge in [0.15, 0.2) is 0 Å². The summed E-state index contributed by atoms with van der Waals surface area (Å²) in [6.07, 6.45) is 0. The Morgan fingerprint density at radius 3 is 1.84 bits per heavy atom. The third kappa shape index (κ3) is 3.11. The minimum Gasteiger partial charge on any atom is -0.309 e. The first-order valence-corrected chi connectivity index (χ1v) is 11.0. The summed E-state index contributed by atoms with van der Waals surface area (Å²) >= 11 is 0. The third-order valence-electron chi connectivity index (χ3n) is 6.23. The highest BCUT2D eigenvalue weighted by Gasteiger charge is 2.13. The average molecular weight is 410 g/mol. The van der Waals surface area contributed by atoms with Crippen LogP contribution in [0.25, 0.3) is 49.7 Å². The smallest absolute Gasteiger partial charge is 0.0541 e. The number of benzene rings is 5. The Morgan fingerprint density at radius 2 is 1.06 bits per heavy atom. The first kappa shape index (κ1) is 18.7. The van der Waals surface area contributed by atoms with E-state index in [1.165, 1.54) is 55.3 Å². The van der Waals surface area contributed by atoms with Gasteiger partial charge in [-0.2, -0.15) is 0 Å². The van der Waals surface area contributed by atoms with Crippen molar-refractivity contribution in [2.24, 2.45) is 0 Å². The number of hydrogen-bond donors (Lipinski definition) is 0. The van der Waals surface area contributed by atoms with Gasteiger partial charge >= 0.3 is 0 Å². The Hall–Kier alpha value is -4.10. The van der Waals surface area contributed by atoms with Crippen molar-refractivity contribution < 1.29 is 0 Å². The molecule has 0 fully saturated rings. The zero-order valence-electron chi connectivity index (χ0n) is 18.0. The van der Waals surface area contributed by atoms with Gasteiger partial charge in [0.2, 0.25) is 0 Å². The van der Waals surface area contributed by atoms with Crippen LogP contribution in [0.2, 0.25) is 0 Å². The molecule has 0 bridgehead atoms. The Labute approximate surface area is 188 Å². The van der Waals surface area contributed by atoms with E-state index < -0.39 is 0 Å². The lowest BCUT2D eigenvalue weighted by atomic mass is 9.97. The molecule has 32 heavy (non-hydrogen) atoms. The first-order valence-electron chi connectivity index (χ1n) is 11.0. The van der Waals surface area contributed by atoms with Crippen molar-refractivity contribution in [3.05, 3.63) is 127 Å². The van der Waals surface area contributed by atoms with E-state index in [4.69, 9.17) is 0 Å². The van der Waals surface area contributed by atoms with Crippen molar-refractivity contribution in [2.75, 3.05) is 0 Å². The molecule has 0 saturated carbocycles. The summed E-state index contributed by atoms with van der Waals surface area (Å²) in [6, 6.07) is 43.7. The highest BCUT2D eigenvalue weighted by Crippen LogP contribution is 2.35. The van der Waals surface area contributed by atoms with Crippen molar-refractivity contribution in [3.63, 3.8) is 0 Å². The van der Waals surface area contributed by atoms with Crippen LogP contribution in [-0.2, 0) is 0 Å². The number of aryl methyl sites for hydroxylation is 1. The Bertz CT molecular complexity index is 1570. The Balaban J connectivity index is 1.54. The summed E-state index contributed by atoms with van der Waals surface area (Å²) in [7, 11) is 0. The molecule has 0 saturated heterocycles. The summed E-state index contributed by atoms with van der Waals surface area (Å²) in [5, 5.41) is 2.56. The molecule has 0 atom stereocenters. The first-order chi connectivity index (χ1) is 15.8. The van der Waals surface area contributed by atoms with E-state index in [1.54, 1.807) is 0 Å². The fourth-order valence-electron chi connectivity index (χ4n) is 4.71. The topological polar surface area (TPSA) is 4.93 Å². The molecule has 152 valence electrons. The zero-order valence-corrected chi connectivity index (χ0v) is 18.0. The molecule has 0 aliphatic heterocycles. The van der Waals surface area contributed by atoms with E-state index >= 15 is 0 Å². The lowest BCUT2D eigenvalue weighted by Crippen LogP contribution is -1.92. The summed E-state index contributed by atoms with van der Waals surface area (Å²) in [4.78, 5) is 0. The SMILES string of the molecule is Cc1cccc(-c2cccc(-c3ccc4c(c3)c3ccccc3n4-c3ccccc3)c2)c1. The average Bonchev–Trinajstić information content (AvgIpc) is 3.18. The molecule has 1 heteroatoms. The van der Waals surface area contributed by atoms with Crippen LogP contribution >= 0.6 is 0 Å². The molecule has 0 spiro atoms. The molecule has 0 radical (unpaired) electrons. The molecule has 6 rings (SSSR count). The van der Waals surface area contributed by atoms with E-state index in [1.807, 2.05) is 0 Å². The van der Waals surface area contributed by atoms with Gasteiger partial charge in [-0.1, -0.05) is 90.5 Å². The predicted octanol–water partition coefficient (Wildman–Crippen LogP) is 8.43. The molecule has 1 nitrogen and oxygen atoms in total. The molecule has 0 N–H and O–H groups in total. The van der Waals surface area contributed by atoms with E-state index in [9.17, 15) is 0 Å². The Morgan fingerprint density at radius 1 is 0.438 bits per heavy atom. The van der Waals surface area contributed by atoms with Gasteiger partial charge < -0.3 is 4.57 Å². The van der Waals surface area contributed by atoms with E-state index in [0.717, 1.165) is 0 Å². The van der Waals surface area contributed by atoms with Gasteiger partial charge in [-0.15, -0.1) is 0 Å². The summed E-state index contributed by atoms with van der Waals surface area (Å²) < 4.78 is 2.36. The minimum atomic E-state index is 1.19. The van der Waals surface area contributed by atoms with E-state index in [-0.39, 0.29) is 0 Å². The van der Waals surface area contributed by atoms with Crippen LogP contribution in [0.4, 0.5) is 0 Å². The normalized spacial score (nSPS) is 11.3. The molecule has 6 aromatic rings. The molecule has 0 aliphatic carbocycles. The highest BCUT2D eigenvalue weighted by molar-refractivity contribution is 6.10. The molecular weight excluding hydrogens is 386 g/mol. The maximum atomic E-state index is 2.36. The van der Waals surface area contributed by atoms with Gasteiger partial charge in [0, 0.05) is 16.5 Å². The fraction of sp³-hybridized carbons (Fsp3) is 0.0323. The van der Waals surface area contributed by atoms with Crippen molar-refractivity contribution >= 4 is 21.8 Å². The van der Waals surface area contributed by atoms with Crippen molar-refractivity contribution in [1.82, 2.24) is 4.57 Å². The van der Waals surface area contributed by atoms with Gasteiger partial charge in [0.05, 0.1) is 11.0 Å². The molecule has 0 aliphatic rings. The minimum absolute atomic E-state index is 1.19. The van der Waals surface area contributed by atoms with Gasteiger partial charge in [-0.3, -0.25) is 0 Å². The second-order valence-corrected chi connectivity index (χ2v) is 8.37. The van der Waals surface area contributed by atoms with E-state index in [2.05, 4.69) is 133 Å². The molecule has 0 amide bonds. The van der Waals surface area contributed by atoms with Crippen LogP contribution in [0.1, 0.15) is 5.56 Å². The zero-order chi connectivity index (χ0) is 21.5. The van der Waals surface area contributed by atoms with Crippen LogP contribution in [0.15, 0.2) is 121 Å². The van der Waals surface area contributed by atoms with Crippen LogP contribution < -0.4 is 0 Å². The number of nitrogens with zero attached hydrogens (tertiary/aromatic N) is 1. The van der Waals surface area contributed by atoms with Crippen LogP contribution in [0.5, 0.6) is 0 Å². The number of fused-ring (bicyclic) bond motifs is 3. The fourth-order valence-corrected chi connectivity index (χ4v) is 4.71. The summed E-state index contributed by atoms with van der Waals surface area (Å²) in [5.74, 6) is 0. The molecule has 1 heterocycles. The standard InChI is InChI=1S/C31H23N/c1-22-9-7-10-23(19-22)24-11-8-12-25(20-24)26-17-18-31-29(21-26)28-15-5-6-16-30(28)32(31)27-13-3-2-4-14-27/h2-21H,1H3. The lowest BCUT2D eigenvalue weighted by molar-refractivity contribution is 1.18. The van der Waals surface area contributed by atoms with Crippen molar-refractivity contribution in [3.8, 4) is 27.9 Å². The largest absolute Gasteiger partial charge is 0.309 e. The number of rotatable bonds is 3. The van der Waals surface area contributed by atoms with Crippen LogP contribution in [0, 0.1) is 6.92 Å². The highest BCUT2D eigenvalue weighted by atomic mass is 15.0. The predicted molar refractivity (Wildman–Crippen MR) is 136 cm³/mol. The Kier molecular flexibility index (Phi) is 4.40. The summed E-state index contributed by atoms with van der Waals surface area (Å²) in [6.45, 7) is 2.14. The van der Waals surface area contributed by atoms with Gasteiger partial charge in [-0.25, -0.2) is 0 Å². The molecule has 5 aromatic carbocycles. The second kappa shape index (κ2) is 7.55. The third-order valence-corrected chi connectivity index (χ3v) is 6.23. The van der Waals surface area contributed by atoms with Crippen molar-refractivity contribution in [1.29, 1.82) is 0 Å². The monoisotopic (exact) mass is 409 g/mol. The quantitative estimate of drug-likeness (QED) is 0.276. The number of aromatic nitrogens is 1. The van der Waals surface area contributed by atoms with Crippen molar-refractivity contribution in [2.45, 2.75) is 6.92 Å².